The Labute approximate surface area is 159 Å². The van der Waals surface area contributed by atoms with Gasteiger partial charge in [-0.25, -0.2) is 0 Å². The number of hydrogen-bond donors (Lipinski definition) is 2. The Hall–Kier alpha value is -2.02. The first-order chi connectivity index (χ1) is 12.6. The second-order valence-electron chi connectivity index (χ2n) is 5.92. The van der Waals surface area contributed by atoms with Crippen LogP contribution in [-0.4, -0.2) is 31.1 Å². The van der Waals surface area contributed by atoms with Crippen molar-refractivity contribution in [1.29, 1.82) is 0 Å². The number of anilines is 1. The predicted molar refractivity (Wildman–Crippen MR) is 108 cm³/mol. The Balaban J connectivity index is 1.83. The molecule has 2 aromatic carbocycles. The van der Waals surface area contributed by atoms with Gasteiger partial charge in [0.05, 0.1) is 26.4 Å². The summed E-state index contributed by atoms with van der Waals surface area (Å²) in [6, 6.07) is 14.9. The van der Waals surface area contributed by atoms with Crippen LogP contribution in [-0.2, 0) is 22.7 Å². The molecule has 3 N–H and O–H groups in total. The van der Waals surface area contributed by atoms with Crippen molar-refractivity contribution in [2.45, 2.75) is 25.7 Å². The minimum atomic E-state index is -0.488. The number of hydrogen-bond acceptors (Lipinski definition) is 5. The smallest absolute Gasteiger partial charge is 0.241 e. The van der Waals surface area contributed by atoms with Gasteiger partial charge in [-0.1, -0.05) is 24.3 Å². The van der Waals surface area contributed by atoms with E-state index < -0.39 is 6.04 Å². The van der Waals surface area contributed by atoms with Crippen molar-refractivity contribution in [1.82, 2.24) is 0 Å². The van der Waals surface area contributed by atoms with Gasteiger partial charge < -0.3 is 20.5 Å². The van der Waals surface area contributed by atoms with Gasteiger partial charge in [0.25, 0.3) is 0 Å². The minimum Gasteiger partial charge on any atom is -0.497 e. The van der Waals surface area contributed by atoms with E-state index in [-0.39, 0.29) is 5.91 Å². The lowest BCUT2D eigenvalue weighted by Crippen LogP contribution is -2.36. The molecule has 0 saturated carbocycles. The molecule has 0 aliphatic heterocycles. The Morgan fingerprint density at radius 1 is 1.15 bits per heavy atom. The summed E-state index contributed by atoms with van der Waals surface area (Å²) in [6.45, 7) is 0.981. The van der Waals surface area contributed by atoms with Crippen LogP contribution in [0.4, 0.5) is 5.69 Å². The van der Waals surface area contributed by atoms with Crippen molar-refractivity contribution in [3.05, 3.63) is 59.7 Å². The standard InChI is InChI=1S/C20H26N2O3S/c1-24-18-8-6-15(7-9-18)13-25-14-16-4-3-5-17(12-16)22-20(23)19(21)10-11-26-2/h3-9,12,19H,10-11,13-14,21H2,1-2H3,(H,22,23)/t19-/m0/s1. The maximum Gasteiger partial charge on any atom is 0.241 e. The summed E-state index contributed by atoms with van der Waals surface area (Å²) >= 11 is 1.68. The Kier molecular flexibility index (Phi) is 8.47. The van der Waals surface area contributed by atoms with E-state index in [4.69, 9.17) is 15.2 Å². The molecule has 0 bridgehead atoms. The molecule has 0 aliphatic carbocycles. The summed E-state index contributed by atoms with van der Waals surface area (Å²) in [5.41, 5.74) is 8.70. The maximum atomic E-state index is 12.1. The van der Waals surface area contributed by atoms with Gasteiger partial charge in [-0.15, -0.1) is 0 Å². The number of rotatable bonds is 10. The summed E-state index contributed by atoms with van der Waals surface area (Å²) in [6.07, 6.45) is 2.66. The van der Waals surface area contributed by atoms with Crippen molar-refractivity contribution in [3.63, 3.8) is 0 Å². The Morgan fingerprint density at radius 2 is 1.88 bits per heavy atom. The van der Waals surface area contributed by atoms with E-state index in [1.807, 2.05) is 54.8 Å². The highest BCUT2D eigenvalue weighted by atomic mass is 32.2. The molecule has 140 valence electrons. The number of nitrogens with two attached hydrogens (primary N) is 1. The third-order valence-electron chi connectivity index (χ3n) is 3.86. The monoisotopic (exact) mass is 374 g/mol. The Bertz CT molecular complexity index is 692. The SMILES string of the molecule is COc1ccc(COCc2cccc(NC(=O)[C@@H](N)CCSC)c2)cc1. The molecule has 0 saturated heterocycles. The molecule has 0 heterocycles. The predicted octanol–water partition coefficient (Wildman–Crippen LogP) is 3.43. The van der Waals surface area contributed by atoms with E-state index in [9.17, 15) is 4.79 Å². The molecule has 0 fully saturated rings. The van der Waals surface area contributed by atoms with Crippen molar-refractivity contribution in [3.8, 4) is 5.75 Å². The fourth-order valence-electron chi connectivity index (χ4n) is 2.36. The van der Waals surface area contributed by atoms with E-state index in [1.165, 1.54) is 0 Å². The normalized spacial score (nSPS) is 11.8. The maximum absolute atomic E-state index is 12.1. The average Bonchev–Trinajstić information content (AvgIpc) is 2.67. The number of nitrogens with one attached hydrogen (secondary N) is 1. The lowest BCUT2D eigenvalue weighted by atomic mass is 10.2. The van der Waals surface area contributed by atoms with Crippen LogP contribution in [0.3, 0.4) is 0 Å². The molecule has 5 nitrogen and oxygen atoms in total. The molecule has 6 heteroatoms. The lowest BCUT2D eigenvalue weighted by Gasteiger charge is -2.12. The molecule has 0 radical (unpaired) electrons. The van der Waals surface area contributed by atoms with Gasteiger partial charge >= 0.3 is 0 Å². The summed E-state index contributed by atoms with van der Waals surface area (Å²) < 4.78 is 10.9. The van der Waals surface area contributed by atoms with Crippen molar-refractivity contribution >= 4 is 23.4 Å². The third kappa shape index (κ3) is 6.71. The number of thioether (sulfide) groups is 1. The molecule has 1 atom stereocenters. The summed E-state index contributed by atoms with van der Waals surface area (Å²) in [5, 5.41) is 2.87. The zero-order chi connectivity index (χ0) is 18.8. The number of methoxy groups -OCH3 is 1. The van der Waals surface area contributed by atoms with E-state index in [0.717, 1.165) is 28.3 Å². The van der Waals surface area contributed by atoms with Gasteiger partial charge in [-0.05, 0) is 53.8 Å². The van der Waals surface area contributed by atoms with Gasteiger partial charge in [0, 0.05) is 5.69 Å². The fraction of sp³-hybridized carbons (Fsp3) is 0.350. The molecular formula is C20H26N2O3S. The van der Waals surface area contributed by atoms with Crippen LogP contribution in [0.5, 0.6) is 5.75 Å². The molecule has 0 aromatic heterocycles. The topological polar surface area (TPSA) is 73.6 Å². The van der Waals surface area contributed by atoms with E-state index in [2.05, 4.69) is 5.32 Å². The highest BCUT2D eigenvalue weighted by Gasteiger charge is 2.13. The van der Waals surface area contributed by atoms with Gasteiger partial charge in [0.2, 0.25) is 5.91 Å². The minimum absolute atomic E-state index is 0.157. The molecule has 2 rings (SSSR count). The zero-order valence-corrected chi connectivity index (χ0v) is 16.1. The van der Waals surface area contributed by atoms with Crippen LogP contribution in [0.2, 0.25) is 0 Å². The van der Waals surface area contributed by atoms with Gasteiger partial charge in [-0.3, -0.25) is 4.79 Å². The van der Waals surface area contributed by atoms with Crippen molar-refractivity contribution in [2.24, 2.45) is 5.73 Å². The molecule has 2 aromatic rings. The van der Waals surface area contributed by atoms with Crippen LogP contribution >= 0.6 is 11.8 Å². The van der Waals surface area contributed by atoms with Crippen molar-refractivity contribution < 1.29 is 14.3 Å². The largest absolute Gasteiger partial charge is 0.497 e. The quantitative estimate of drug-likeness (QED) is 0.666. The van der Waals surface area contributed by atoms with Crippen LogP contribution in [0.15, 0.2) is 48.5 Å². The highest BCUT2D eigenvalue weighted by molar-refractivity contribution is 7.98. The summed E-state index contributed by atoms with van der Waals surface area (Å²) in [5.74, 6) is 1.54. The molecule has 0 spiro atoms. The van der Waals surface area contributed by atoms with Crippen LogP contribution in [0.1, 0.15) is 17.5 Å². The third-order valence-corrected chi connectivity index (χ3v) is 4.50. The molecular weight excluding hydrogens is 348 g/mol. The molecule has 0 aliphatic rings. The first-order valence-electron chi connectivity index (χ1n) is 8.47. The van der Waals surface area contributed by atoms with E-state index in [1.54, 1.807) is 18.9 Å². The molecule has 0 unspecified atom stereocenters. The van der Waals surface area contributed by atoms with E-state index >= 15 is 0 Å². The Morgan fingerprint density at radius 3 is 2.58 bits per heavy atom. The van der Waals surface area contributed by atoms with Crippen LogP contribution in [0.25, 0.3) is 0 Å². The second kappa shape index (κ2) is 10.9. The number of ether oxygens (including phenoxy) is 2. The number of benzene rings is 2. The van der Waals surface area contributed by atoms with Crippen LogP contribution in [0, 0.1) is 0 Å². The van der Waals surface area contributed by atoms with Gasteiger partial charge in [-0.2, -0.15) is 11.8 Å². The number of amides is 1. The first-order valence-corrected chi connectivity index (χ1v) is 9.86. The first kappa shape index (κ1) is 20.3. The van der Waals surface area contributed by atoms with Gasteiger partial charge in [0.15, 0.2) is 0 Å². The second-order valence-corrected chi connectivity index (χ2v) is 6.90. The zero-order valence-electron chi connectivity index (χ0n) is 15.2. The number of carbonyl (C=O) groups excluding carboxylic acids is 1. The van der Waals surface area contributed by atoms with Crippen LogP contribution < -0.4 is 15.8 Å². The summed E-state index contributed by atoms with van der Waals surface area (Å²) in [7, 11) is 1.65. The lowest BCUT2D eigenvalue weighted by molar-refractivity contribution is -0.117. The average molecular weight is 375 g/mol. The van der Waals surface area contributed by atoms with Gasteiger partial charge in [0.1, 0.15) is 5.75 Å². The van der Waals surface area contributed by atoms with E-state index in [0.29, 0.717) is 19.6 Å². The molecule has 26 heavy (non-hydrogen) atoms. The summed E-state index contributed by atoms with van der Waals surface area (Å²) in [4.78, 5) is 12.1. The fourth-order valence-corrected chi connectivity index (χ4v) is 2.85. The highest BCUT2D eigenvalue weighted by Crippen LogP contribution is 2.15. The number of carbonyl (C=O) groups is 1. The van der Waals surface area contributed by atoms with Crippen molar-refractivity contribution in [2.75, 3.05) is 24.4 Å². The molecule has 1 amide bonds.